The third-order valence-electron chi connectivity index (χ3n) is 2.50. The van der Waals surface area contributed by atoms with Crippen LogP contribution in [-0.4, -0.2) is 21.5 Å². The normalized spacial score (nSPS) is 10.3. The van der Waals surface area contributed by atoms with Gasteiger partial charge in [-0.2, -0.15) is 0 Å². The predicted octanol–water partition coefficient (Wildman–Crippen LogP) is 3.42. The first kappa shape index (κ1) is 13.7. The molecule has 0 spiro atoms. The number of aromatic nitrogens is 3. The maximum atomic E-state index is 5.78. The minimum atomic E-state index is 0.563. The Hall–Kier alpha value is -1.69. The Kier molecular flexibility index (Phi) is 4.68. The van der Waals surface area contributed by atoms with E-state index in [0.29, 0.717) is 11.6 Å². The van der Waals surface area contributed by atoms with E-state index in [1.54, 1.807) is 12.4 Å². The van der Waals surface area contributed by atoms with Crippen molar-refractivity contribution in [3.8, 4) is 11.6 Å². The molecule has 2 aromatic rings. The molecule has 19 heavy (non-hydrogen) atoms. The van der Waals surface area contributed by atoms with Gasteiger partial charge in [0.2, 0.25) is 5.88 Å². The number of nitrogens with zero attached hydrogens (tertiary/aromatic N) is 3. The van der Waals surface area contributed by atoms with Crippen LogP contribution in [0.1, 0.15) is 19.4 Å². The van der Waals surface area contributed by atoms with E-state index >= 15 is 0 Å². The van der Waals surface area contributed by atoms with E-state index in [4.69, 9.17) is 4.74 Å². The Morgan fingerprint density at radius 3 is 2.79 bits per heavy atom. The molecule has 2 aromatic heterocycles. The van der Waals surface area contributed by atoms with E-state index in [1.165, 1.54) is 6.33 Å². The maximum absolute atomic E-state index is 5.78. The van der Waals surface area contributed by atoms with Crippen LogP contribution in [0.3, 0.4) is 0 Å². The molecule has 0 unspecified atom stereocenters. The molecule has 0 saturated carbocycles. The molecule has 0 aliphatic heterocycles. The lowest BCUT2D eigenvalue weighted by atomic mass is 10.2. The predicted molar refractivity (Wildman–Crippen MR) is 77.6 cm³/mol. The Bertz CT molecular complexity index is 562. The number of hydrogen-bond donors (Lipinski definition) is 1. The topological polar surface area (TPSA) is 59.9 Å². The molecule has 2 heterocycles. The Morgan fingerprint density at radius 1 is 1.26 bits per heavy atom. The number of nitrogens with one attached hydrogen (secondary N) is 1. The van der Waals surface area contributed by atoms with Crippen LogP contribution in [0.25, 0.3) is 0 Å². The zero-order valence-corrected chi connectivity index (χ0v) is 12.4. The van der Waals surface area contributed by atoms with Crippen molar-refractivity contribution in [1.82, 2.24) is 15.0 Å². The zero-order chi connectivity index (χ0) is 13.7. The molecule has 1 N–H and O–H groups in total. The van der Waals surface area contributed by atoms with Gasteiger partial charge in [0.15, 0.2) is 0 Å². The second kappa shape index (κ2) is 6.47. The van der Waals surface area contributed by atoms with Gasteiger partial charge in [0, 0.05) is 17.2 Å². The quantitative estimate of drug-likeness (QED) is 0.913. The maximum Gasteiger partial charge on any atom is 0.227 e. The number of hydrogen-bond acceptors (Lipinski definition) is 5. The van der Waals surface area contributed by atoms with Crippen molar-refractivity contribution in [2.45, 2.75) is 20.3 Å². The lowest BCUT2D eigenvalue weighted by Crippen LogP contribution is -2.05. The highest BCUT2D eigenvalue weighted by Crippen LogP contribution is 2.28. The molecule has 0 atom stereocenters. The molecule has 0 saturated heterocycles. The Morgan fingerprint density at radius 2 is 2.11 bits per heavy atom. The van der Waals surface area contributed by atoms with E-state index in [0.717, 1.165) is 28.8 Å². The SMILES string of the molecule is CCNc1ncnc(Oc2cncc(Br)c2)c1CC. The summed E-state index contributed by atoms with van der Waals surface area (Å²) in [5, 5.41) is 3.21. The molecule has 0 aromatic carbocycles. The monoisotopic (exact) mass is 322 g/mol. The van der Waals surface area contributed by atoms with Crippen LogP contribution >= 0.6 is 15.9 Å². The highest BCUT2D eigenvalue weighted by Gasteiger charge is 2.11. The summed E-state index contributed by atoms with van der Waals surface area (Å²) in [6.07, 6.45) is 5.65. The van der Waals surface area contributed by atoms with Gasteiger partial charge in [-0.05, 0) is 35.3 Å². The van der Waals surface area contributed by atoms with E-state index in [9.17, 15) is 0 Å². The zero-order valence-electron chi connectivity index (χ0n) is 10.9. The van der Waals surface area contributed by atoms with Crippen molar-refractivity contribution >= 4 is 21.7 Å². The number of halogens is 1. The summed E-state index contributed by atoms with van der Waals surface area (Å²) in [6, 6.07) is 1.85. The smallest absolute Gasteiger partial charge is 0.227 e. The van der Waals surface area contributed by atoms with Gasteiger partial charge in [-0.25, -0.2) is 9.97 Å². The summed E-state index contributed by atoms with van der Waals surface area (Å²) in [5.41, 5.74) is 0.962. The lowest BCUT2D eigenvalue weighted by molar-refractivity contribution is 0.453. The average molecular weight is 323 g/mol. The minimum Gasteiger partial charge on any atom is -0.437 e. The fourth-order valence-electron chi connectivity index (χ4n) is 1.68. The summed E-state index contributed by atoms with van der Waals surface area (Å²) < 4.78 is 6.65. The third kappa shape index (κ3) is 3.41. The van der Waals surface area contributed by atoms with Gasteiger partial charge < -0.3 is 10.1 Å². The molecular weight excluding hydrogens is 308 g/mol. The fourth-order valence-corrected chi connectivity index (χ4v) is 2.03. The van der Waals surface area contributed by atoms with Gasteiger partial charge >= 0.3 is 0 Å². The van der Waals surface area contributed by atoms with Crippen molar-refractivity contribution in [3.63, 3.8) is 0 Å². The van der Waals surface area contributed by atoms with E-state index in [1.807, 2.05) is 19.9 Å². The summed E-state index contributed by atoms with van der Waals surface area (Å²) in [4.78, 5) is 12.5. The third-order valence-corrected chi connectivity index (χ3v) is 2.93. The minimum absolute atomic E-state index is 0.563. The number of anilines is 1. The average Bonchev–Trinajstić information content (AvgIpc) is 2.39. The fraction of sp³-hybridized carbons (Fsp3) is 0.308. The van der Waals surface area contributed by atoms with Crippen LogP contribution in [0.15, 0.2) is 29.3 Å². The van der Waals surface area contributed by atoms with Crippen LogP contribution in [-0.2, 0) is 6.42 Å². The number of ether oxygens (including phenoxy) is 1. The highest BCUT2D eigenvalue weighted by molar-refractivity contribution is 9.10. The second-order valence-corrected chi connectivity index (χ2v) is 4.75. The number of rotatable bonds is 5. The summed E-state index contributed by atoms with van der Waals surface area (Å²) >= 11 is 3.36. The van der Waals surface area contributed by atoms with Crippen LogP contribution in [0.2, 0.25) is 0 Å². The first-order chi connectivity index (χ1) is 9.24. The van der Waals surface area contributed by atoms with Crippen molar-refractivity contribution in [2.24, 2.45) is 0 Å². The Balaban J connectivity index is 2.31. The summed E-state index contributed by atoms with van der Waals surface area (Å²) in [6.45, 7) is 4.88. The van der Waals surface area contributed by atoms with Crippen LogP contribution in [0.5, 0.6) is 11.6 Å². The molecule has 0 aliphatic rings. The second-order valence-electron chi connectivity index (χ2n) is 3.83. The van der Waals surface area contributed by atoms with E-state index < -0.39 is 0 Å². The lowest BCUT2D eigenvalue weighted by Gasteiger charge is -2.12. The standard InChI is InChI=1S/C13H15BrN4O/c1-3-11-12(16-4-2)17-8-18-13(11)19-10-5-9(14)6-15-7-10/h5-8H,3-4H2,1-2H3,(H,16,17,18). The van der Waals surface area contributed by atoms with Gasteiger partial charge in [-0.15, -0.1) is 0 Å². The number of pyridine rings is 1. The van der Waals surface area contributed by atoms with E-state index in [-0.39, 0.29) is 0 Å². The van der Waals surface area contributed by atoms with E-state index in [2.05, 4.69) is 36.2 Å². The summed E-state index contributed by atoms with van der Waals surface area (Å²) in [5.74, 6) is 2.02. The molecule has 0 aliphatic carbocycles. The Labute approximate surface area is 120 Å². The molecule has 0 amide bonds. The molecule has 0 bridgehead atoms. The molecule has 0 radical (unpaired) electrons. The van der Waals surface area contributed by atoms with Crippen molar-refractivity contribution in [3.05, 3.63) is 34.8 Å². The molecular formula is C13H15BrN4O. The molecule has 5 nitrogen and oxygen atoms in total. The molecule has 6 heteroatoms. The van der Waals surface area contributed by atoms with Crippen molar-refractivity contribution in [1.29, 1.82) is 0 Å². The first-order valence-corrected chi connectivity index (χ1v) is 6.90. The van der Waals surface area contributed by atoms with Crippen LogP contribution in [0.4, 0.5) is 5.82 Å². The highest BCUT2D eigenvalue weighted by atomic mass is 79.9. The van der Waals surface area contributed by atoms with Gasteiger partial charge in [0.05, 0.1) is 11.8 Å². The van der Waals surface area contributed by atoms with Gasteiger partial charge in [-0.1, -0.05) is 6.92 Å². The van der Waals surface area contributed by atoms with Crippen LogP contribution < -0.4 is 10.1 Å². The molecule has 2 rings (SSSR count). The molecule has 0 fully saturated rings. The van der Waals surface area contributed by atoms with Gasteiger partial charge in [-0.3, -0.25) is 4.98 Å². The van der Waals surface area contributed by atoms with Gasteiger partial charge in [0.1, 0.15) is 17.9 Å². The van der Waals surface area contributed by atoms with Gasteiger partial charge in [0.25, 0.3) is 0 Å². The first-order valence-electron chi connectivity index (χ1n) is 6.10. The van der Waals surface area contributed by atoms with Crippen LogP contribution in [0, 0.1) is 0 Å². The van der Waals surface area contributed by atoms with Crippen molar-refractivity contribution in [2.75, 3.05) is 11.9 Å². The largest absolute Gasteiger partial charge is 0.437 e. The molecule has 100 valence electrons. The van der Waals surface area contributed by atoms with Crippen molar-refractivity contribution < 1.29 is 4.74 Å². The summed E-state index contributed by atoms with van der Waals surface area (Å²) in [7, 11) is 0.